The van der Waals surface area contributed by atoms with Crippen LogP contribution in [0.15, 0.2) is 60.8 Å². The average molecular weight is 379 g/mol. The second-order valence-corrected chi connectivity index (χ2v) is 6.48. The summed E-state index contributed by atoms with van der Waals surface area (Å²) in [4.78, 5) is 14.1. The standard InChI is InChI=1S/C20H21N5O3/c1-27-19-10-6-5-9-18(19)21-20(26)24-12-16(13-24)25-11-15(22-23-25)14-28-17-7-3-2-4-8-17/h2-11,16H,12-14H2,1H3,(H,21,26). The van der Waals surface area contributed by atoms with Crippen molar-refractivity contribution in [1.82, 2.24) is 19.9 Å². The third kappa shape index (κ3) is 3.90. The first-order valence-electron chi connectivity index (χ1n) is 9.00. The molecule has 0 saturated carbocycles. The fourth-order valence-electron chi connectivity index (χ4n) is 2.96. The number of aromatic nitrogens is 3. The number of carbonyl (C=O) groups excluding carboxylic acids is 1. The molecule has 1 aromatic heterocycles. The topological polar surface area (TPSA) is 81.5 Å². The van der Waals surface area contributed by atoms with Gasteiger partial charge in [0.2, 0.25) is 0 Å². The van der Waals surface area contributed by atoms with Crippen molar-refractivity contribution in [2.24, 2.45) is 0 Å². The molecule has 2 heterocycles. The van der Waals surface area contributed by atoms with Gasteiger partial charge in [0.15, 0.2) is 0 Å². The SMILES string of the molecule is COc1ccccc1NC(=O)N1CC(n2cc(COc3ccccc3)nn2)C1. The molecule has 0 unspecified atom stereocenters. The molecule has 0 bridgehead atoms. The van der Waals surface area contributed by atoms with Crippen molar-refractivity contribution in [2.45, 2.75) is 12.6 Å². The summed E-state index contributed by atoms with van der Waals surface area (Å²) in [7, 11) is 1.58. The summed E-state index contributed by atoms with van der Waals surface area (Å²) >= 11 is 0. The lowest BCUT2D eigenvalue weighted by atomic mass is 10.1. The van der Waals surface area contributed by atoms with Gasteiger partial charge >= 0.3 is 6.03 Å². The molecule has 2 amide bonds. The van der Waals surface area contributed by atoms with Crippen molar-refractivity contribution >= 4 is 11.7 Å². The van der Waals surface area contributed by atoms with Crippen molar-refractivity contribution in [1.29, 1.82) is 0 Å². The van der Waals surface area contributed by atoms with Gasteiger partial charge in [0, 0.05) is 13.1 Å². The number of hydrogen-bond donors (Lipinski definition) is 1. The van der Waals surface area contributed by atoms with Gasteiger partial charge in [0.25, 0.3) is 0 Å². The highest BCUT2D eigenvalue weighted by atomic mass is 16.5. The maximum absolute atomic E-state index is 12.4. The monoisotopic (exact) mass is 379 g/mol. The predicted octanol–water partition coefficient (Wildman–Crippen LogP) is 2.95. The molecule has 1 saturated heterocycles. The molecule has 1 fully saturated rings. The zero-order chi connectivity index (χ0) is 19.3. The van der Waals surface area contributed by atoms with E-state index >= 15 is 0 Å². The van der Waals surface area contributed by atoms with Crippen molar-refractivity contribution < 1.29 is 14.3 Å². The van der Waals surface area contributed by atoms with Gasteiger partial charge in [-0.05, 0) is 24.3 Å². The van der Waals surface area contributed by atoms with E-state index in [2.05, 4.69) is 15.6 Å². The Kier molecular flexibility index (Phi) is 5.09. The van der Waals surface area contributed by atoms with Crippen LogP contribution in [0.25, 0.3) is 0 Å². The number of benzene rings is 2. The molecular weight excluding hydrogens is 358 g/mol. The summed E-state index contributed by atoms with van der Waals surface area (Å²) in [5.74, 6) is 1.42. The Bertz CT molecular complexity index is 938. The van der Waals surface area contributed by atoms with Gasteiger partial charge < -0.3 is 19.7 Å². The molecule has 2 aromatic carbocycles. The quantitative estimate of drug-likeness (QED) is 0.712. The Hall–Kier alpha value is -3.55. The highest BCUT2D eigenvalue weighted by Crippen LogP contribution is 2.26. The number of methoxy groups -OCH3 is 1. The van der Waals surface area contributed by atoms with Crippen LogP contribution in [0.3, 0.4) is 0 Å². The Morgan fingerprint density at radius 3 is 2.68 bits per heavy atom. The fourth-order valence-corrected chi connectivity index (χ4v) is 2.96. The van der Waals surface area contributed by atoms with Gasteiger partial charge in [-0.1, -0.05) is 35.5 Å². The number of carbonyl (C=O) groups is 1. The van der Waals surface area contributed by atoms with Gasteiger partial charge in [0.05, 0.1) is 25.0 Å². The summed E-state index contributed by atoms with van der Waals surface area (Å²) in [6.07, 6.45) is 1.86. The van der Waals surface area contributed by atoms with Crippen molar-refractivity contribution in [2.75, 3.05) is 25.5 Å². The van der Waals surface area contributed by atoms with E-state index in [1.54, 1.807) is 16.7 Å². The van der Waals surface area contributed by atoms with Crippen molar-refractivity contribution in [3.63, 3.8) is 0 Å². The van der Waals surface area contributed by atoms with Gasteiger partial charge in [0.1, 0.15) is 23.8 Å². The lowest BCUT2D eigenvalue weighted by molar-refractivity contribution is 0.127. The molecular formula is C20H21N5O3. The molecule has 8 heteroatoms. The number of amides is 2. The van der Waals surface area contributed by atoms with Crippen LogP contribution < -0.4 is 14.8 Å². The van der Waals surface area contributed by atoms with E-state index in [1.807, 2.05) is 60.8 Å². The van der Waals surface area contributed by atoms with Crippen molar-refractivity contribution in [3.8, 4) is 11.5 Å². The van der Waals surface area contributed by atoms with Crippen molar-refractivity contribution in [3.05, 3.63) is 66.5 Å². The smallest absolute Gasteiger partial charge is 0.322 e. The van der Waals surface area contributed by atoms with E-state index in [9.17, 15) is 4.79 Å². The average Bonchev–Trinajstić information content (AvgIpc) is 3.15. The molecule has 3 aromatic rings. The third-order valence-electron chi connectivity index (χ3n) is 4.56. The number of anilines is 1. The Morgan fingerprint density at radius 1 is 1.14 bits per heavy atom. The number of ether oxygens (including phenoxy) is 2. The Morgan fingerprint density at radius 2 is 1.89 bits per heavy atom. The normalized spacial score (nSPS) is 13.7. The number of para-hydroxylation sites is 3. The number of likely N-dealkylation sites (tertiary alicyclic amines) is 1. The molecule has 4 rings (SSSR count). The van der Waals surface area contributed by atoms with Crippen LogP contribution in [0.5, 0.6) is 11.5 Å². The van der Waals surface area contributed by atoms with Crippen LogP contribution in [0.1, 0.15) is 11.7 Å². The van der Waals surface area contributed by atoms with Gasteiger partial charge in [-0.2, -0.15) is 0 Å². The largest absolute Gasteiger partial charge is 0.495 e. The lowest BCUT2D eigenvalue weighted by Gasteiger charge is -2.38. The van der Waals surface area contributed by atoms with Crippen LogP contribution >= 0.6 is 0 Å². The Labute approximate surface area is 162 Å². The Balaban J connectivity index is 1.28. The molecule has 1 aliphatic heterocycles. The fraction of sp³-hybridized carbons (Fsp3) is 0.250. The molecule has 8 nitrogen and oxygen atoms in total. The van der Waals surface area contributed by atoms with Crippen LogP contribution in [0, 0.1) is 0 Å². The van der Waals surface area contributed by atoms with Crippen LogP contribution in [0.2, 0.25) is 0 Å². The molecule has 1 N–H and O–H groups in total. The van der Waals surface area contributed by atoms with E-state index in [0.717, 1.165) is 11.4 Å². The van der Waals surface area contributed by atoms with Crippen LogP contribution in [-0.4, -0.2) is 46.1 Å². The second kappa shape index (κ2) is 7.99. The highest BCUT2D eigenvalue weighted by Gasteiger charge is 2.33. The minimum absolute atomic E-state index is 0.112. The number of rotatable bonds is 6. The highest BCUT2D eigenvalue weighted by molar-refractivity contribution is 5.91. The first kappa shape index (κ1) is 17.8. The third-order valence-corrected chi connectivity index (χ3v) is 4.56. The predicted molar refractivity (Wildman–Crippen MR) is 103 cm³/mol. The summed E-state index contributed by atoms with van der Waals surface area (Å²) in [5, 5.41) is 11.2. The van der Waals surface area contributed by atoms with E-state index in [-0.39, 0.29) is 12.1 Å². The minimum Gasteiger partial charge on any atom is -0.495 e. The summed E-state index contributed by atoms with van der Waals surface area (Å²) < 4.78 is 12.7. The molecule has 0 spiro atoms. The molecule has 0 radical (unpaired) electrons. The maximum atomic E-state index is 12.4. The zero-order valence-electron chi connectivity index (χ0n) is 15.5. The molecule has 0 atom stereocenters. The van der Waals surface area contributed by atoms with Gasteiger partial charge in [-0.25, -0.2) is 9.48 Å². The number of nitrogens with one attached hydrogen (secondary N) is 1. The second-order valence-electron chi connectivity index (χ2n) is 6.48. The first-order chi connectivity index (χ1) is 13.7. The zero-order valence-corrected chi connectivity index (χ0v) is 15.5. The molecule has 28 heavy (non-hydrogen) atoms. The lowest BCUT2D eigenvalue weighted by Crippen LogP contribution is -2.52. The van der Waals surface area contributed by atoms with E-state index in [1.165, 1.54) is 0 Å². The van der Waals surface area contributed by atoms with E-state index in [4.69, 9.17) is 9.47 Å². The molecule has 0 aliphatic carbocycles. The number of hydrogen-bond acceptors (Lipinski definition) is 5. The summed E-state index contributed by atoms with van der Waals surface area (Å²) in [6.45, 7) is 1.50. The van der Waals surface area contributed by atoms with Crippen LogP contribution in [-0.2, 0) is 6.61 Å². The summed E-state index contributed by atoms with van der Waals surface area (Å²) in [5.41, 5.74) is 1.40. The molecule has 144 valence electrons. The minimum atomic E-state index is -0.159. The molecule has 1 aliphatic rings. The maximum Gasteiger partial charge on any atom is 0.322 e. The van der Waals surface area contributed by atoms with Gasteiger partial charge in [-0.3, -0.25) is 0 Å². The number of nitrogens with zero attached hydrogens (tertiary/aromatic N) is 4. The van der Waals surface area contributed by atoms with Crippen LogP contribution in [0.4, 0.5) is 10.5 Å². The van der Waals surface area contributed by atoms with Gasteiger partial charge in [-0.15, -0.1) is 5.10 Å². The first-order valence-corrected chi connectivity index (χ1v) is 9.00. The number of urea groups is 1. The van der Waals surface area contributed by atoms with E-state index in [0.29, 0.717) is 31.1 Å². The van der Waals surface area contributed by atoms with E-state index < -0.39 is 0 Å². The summed E-state index contributed by atoms with van der Waals surface area (Å²) in [6, 6.07) is 16.9.